The fourth-order valence-corrected chi connectivity index (χ4v) is 3.42. The average molecular weight is 354 g/mol. The molecule has 6 heteroatoms. The van der Waals surface area contributed by atoms with E-state index in [1.54, 1.807) is 0 Å². The van der Waals surface area contributed by atoms with Crippen LogP contribution in [-0.2, 0) is 4.79 Å². The van der Waals surface area contributed by atoms with E-state index in [4.69, 9.17) is 4.74 Å². The molecule has 0 saturated heterocycles. The van der Waals surface area contributed by atoms with E-state index in [-0.39, 0.29) is 29.2 Å². The Kier molecular flexibility index (Phi) is 4.03. The summed E-state index contributed by atoms with van der Waals surface area (Å²) >= 11 is 0. The largest absolute Gasteiger partial charge is 0.407 e. The van der Waals surface area contributed by atoms with E-state index in [1.165, 1.54) is 0 Å². The first-order valence-corrected chi connectivity index (χ1v) is 8.40. The smallest absolute Gasteiger partial charge is 0.316 e. The molecule has 0 aliphatic carbocycles. The number of halogens is 2. The molecule has 2 heterocycles. The number of esters is 1. The highest BCUT2D eigenvalue weighted by molar-refractivity contribution is 5.80. The first kappa shape index (κ1) is 16.4. The summed E-state index contributed by atoms with van der Waals surface area (Å²) in [6.07, 6.45) is 0.578. The van der Waals surface area contributed by atoms with Crippen LogP contribution in [0.2, 0.25) is 0 Å². The number of carbonyl (C=O) groups excluding carboxylic acids is 1. The zero-order chi connectivity index (χ0) is 18.3. The van der Waals surface area contributed by atoms with Gasteiger partial charge in [-0.05, 0) is 30.2 Å². The second kappa shape index (κ2) is 6.37. The normalized spacial score (nSPS) is 19.1. The first-order valence-electron chi connectivity index (χ1n) is 8.40. The number of hydrogen-bond acceptors (Lipinski definition) is 3. The van der Waals surface area contributed by atoms with Crippen LogP contribution in [0.3, 0.4) is 0 Å². The number of aromatic nitrogens is 2. The van der Waals surface area contributed by atoms with E-state index >= 15 is 0 Å². The van der Waals surface area contributed by atoms with Crippen LogP contribution < -0.4 is 4.74 Å². The monoisotopic (exact) mass is 354 g/mol. The van der Waals surface area contributed by atoms with Gasteiger partial charge >= 0.3 is 5.97 Å². The van der Waals surface area contributed by atoms with Gasteiger partial charge in [0, 0.05) is 5.92 Å². The Morgan fingerprint density at radius 3 is 2.65 bits per heavy atom. The van der Waals surface area contributed by atoms with E-state index in [0.29, 0.717) is 12.1 Å². The van der Waals surface area contributed by atoms with Gasteiger partial charge in [-0.2, -0.15) is 0 Å². The van der Waals surface area contributed by atoms with Crippen LogP contribution in [0.15, 0.2) is 48.5 Å². The van der Waals surface area contributed by atoms with Crippen LogP contribution in [0.4, 0.5) is 8.78 Å². The third kappa shape index (κ3) is 2.67. The van der Waals surface area contributed by atoms with Gasteiger partial charge in [0.05, 0.1) is 11.5 Å². The summed E-state index contributed by atoms with van der Waals surface area (Å²) in [6.45, 7) is 1.91. The molecule has 0 spiro atoms. The highest BCUT2D eigenvalue weighted by atomic mass is 19.1. The van der Waals surface area contributed by atoms with E-state index in [2.05, 4.69) is 9.97 Å². The summed E-state index contributed by atoms with van der Waals surface area (Å²) in [5.74, 6) is -1.91. The minimum absolute atomic E-state index is 0.00434. The van der Waals surface area contributed by atoms with Gasteiger partial charge in [-0.1, -0.05) is 37.3 Å². The molecule has 132 valence electrons. The summed E-state index contributed by atoms with van der Waals surface area (Å²) in [5.41, 5.74) is 1.45. The third-order valence-electron chi connectivity index (χ3n) is 4.68. The lowest BCUT2D eigenvalue weighted by Gasteiger charge is -2.28. The Bertz CT molecular complexity index is 969. The molecule has 1 N–H and O–H groups in total. The molecule has 1 aromatic heterocycles. The second-order valence-electron chi connectivity index (χ2n) is 6.25. The predicted octanol–water partition coefficient (Wildman–Crippen LogP) is 4.43. The van der Waals surface area contributed by atoms with Crippen molar-refractivity contribution in [1.29, 1.82) is 0 Å². The molecular weight excluding hydrogens is 338 g/mol. The van der Waals surface area contributed by atoms with Crippen molar-refractivity contribution in [2.24, 2.45) is 5.92 Å². The van der Waals surface area contributed by atoms with E-state index in [9.17, 15) is 13.6 Å². The molecule has 0 fully saturated rings. The van der Waals surface area contributed by atoms with Crippen molar-refractivity contribution in [1.82, 2.24) is 9.97 Å². The van der Waals surface area contributed by atoms with Gasteiger partial charge in [0.2, 0.25) is 5.88 Å². The van der Waals surface area contributed by atoms with E-state index in [0.717, 1.165) is 23.8 Å². The van der Waals surface area contributed by atoms with Gasteiger partial charge in [0.25, 0.3) is 0 Å². The average Bonchev–Trinajstić information content (AvgIpc) is 3.06. The maximum atomic E-state index is 14.1. The fourth-order valence-electron chi connectivity index (χ4n) is 3.42. The number of carbonyl (C=O) groups is 1. The van der Waals surface area contributed by atoms with Crippen molar-refractivity contribution >= 4 is 5.97 Å². The van der Waals surface area contributed by atoms with Crippen LogP contribution in [-0.4, -0.2) is 15.9 Å². The molecular formula is C20H16F2N2O2. The third-order valence-corrected chi connectivity index (χ3v) is 4.68. The van der Waals surface area contributed by atoms with Crippen molar-refractivity contribution in [3.63, 3.8) is 0 Å². The number of ether oxygens (including phenoxy) is 1. The van der Waals surface area contributed by atoms with E-state index in [1.807, 2.05) is 37.3 Å². The van der Waals surface area contributed by atoms with Crippen molar-refractivity contribution < 1.29 is 18.3 Å². The molecule has 26 heavy (non-hydrogen) atoms. The lowest BCUT2D eigenvalue weighted by molar-refractivity contribution is -0.141. The number of nitrogens with zero attached hydrogens (tertiary/aromatic N) is 1. The van der Waals surface area contributed by atoms with Gasteiger partial charge in [-0.15, -0.1) is 0 Å². The van der Waals surface area contributed by atoms with Crippen molar-refractivity contribution in [2.45, 2.75) is 19.3 Å². The minimum atomic E-state index is -0.605. The summed E-state index contributed by atoms with van der Waals surface area (Å²) in [5, 5.41) is 0. The molecule has 3 aromatic rings. The quantitative estimate of drug-likeness (QED) is 0.708. The Labute approximate surface area is 148 Å². The zero-order valence-corrected chi connectivity index (χ0v) is 14.0. The van der Waals surface area contributed by atoms with Crippen LogP contribution >= 0.6 is 0 Å². The molecule has 4 nitrogen and oxygen atoms in total. The highest BCUT2D eigenvalue weighted by Gasteiger charge is 2.40. The molecule has 0 saturated carbocycles. The van der Waals surface area contributed by atoms with Gasteiger partial charge in [-0.25, -0.2) is 13.8 Å². The Morgan fingerprint density at radius 1 is 1.15 bits per heavy atom. The van der Waals surface area contributed by atoms with Crippen LogP contribution in [0.1, 0.15) is 30.5 Å². The molecule has 4 rings (SSSR count). The van der Waals surface area contributed by atoms with Crippen LogP contribution in [0.5, 0.6) is 5.88 Å². The zero-order valence-electron chi connectivity index (χ0n) is 14.0. The van der Waals surface area contributed by atoms with Crippen molar-refractivity contribution in [3.8, 4) is 17.3 Å². The first-order chi connectivity index (χ1) is 12.6. The minimum Gasteiger partial charge on any atom is -0.407 e. The molecule has 2 atom stereocenters. The number of hydrogen-bond donors (Lipinski definition) is 1. The Balaban J connectivity index is 1.87. The molecule has 0 amide bonds. The van der Waals surface area contributed by atoms with Crippen molar-refractivity contribution in [2.75, 3.05) is 0 Å². The van der Waals surface area contributed by atoms with Crippen LogP contribution in [0.25, 0.3) is 11.4 Å². The summed E-state index contributed by atoms with van der Waals surface area (Å²) < 4.78 is 33.1. The van der Waals surface area contributed by atoms with Gasteiger partial charge in [0.1, 0.15) is 23.2 Å². The van der Waals surface area contributed by atoms with E-state index < -0.39 is 17.6 Å². The van der Waals surface area contributed by atoms with Gasteiger partial charge < -0.3 is 9.72 Å². The summed E-state index contributed by atoms with van der Waals surface area (Å²) in [7, 11) is 0. The Hall–Kier alpha value is -3.02. The number of nitrogens with one attached hydrogen (secondary N) is 1. The maximum absolute atomic E-state index is 14.1. The standard InChI is InChI=1S/C20H16F2N2O2/c1-2-13-16(11-6-4-3-5-7-11)17-19(26-20(13)25)24-18(23-17)14-10-12(21)8-9-15(14)22/h3-10,13,16H,2H2,1H3,(H,23,24). The lowest BCUT2D eigenvalue weighted by atomic mass is 9.81. The molecule has 1 aliphatic rings. The number of fused-ring (bicyclic) bond motifs is 1. The number of imidazole rings is 1. The highest BCUT2D eigenvalue weighted by Crippen LogP contribution is 2.43. The Morgan fingerprint density at radius 2 is 1.92 bits per heavy atom. The molecule has 1 aliphatic heterocycles. The number of rotatable bonds is 3. The molecule has 2 unspecified atom stereocenters. The number of aromatic amines is 1. The van der Waals surface area contributed by atoms with Gasteiger partial charge in [-0.3, -0.25) is 4.79 Å². The van der Waals surface area contributed by atoms with Gasteiger partial charge in [0.15, 0.2) is 0 Å². The lowest BCUT2D eigenvalue weighted by Crippen LogP contribution is -2.32. The number of H-pyrrole nitrogens is 1. The molecule has 0 radical (unpaired) electrons. The fraction of sp³-hybridized carbons (Fsp3) is 0.200. The van der Waals surface area contributed by atoms with Crippen molar-refractivity contribution in [3.05, 3.63) is 71.4 Å². The molecule has 2 aromatic carbocycles. The van der Waals surface area contributed by atoms with Crippen LogP contribution in [0, 0.1) is 17.6 Å². The molecule has 0 bridgehead atoms. The maximum Gasteiger partial charge on any atom is 0.316 e. The number of benzene rings is 2. The summed E-state index contributed by atoms with van der Waals surface area (Å²) in [4.78, 5) is 19.7. The summed E-state index contributed by atoms with van der Waals surface area (Å²) in [6, 6.07) is 12.7. The SMILES string of the molecule is CCC1C(=O)Oc2[nH]c(-c3cc(F)ccc3F)nc2C1c1ccccc1. The second-order valence-corrected chi connectivity index (χ2v) is 6.25. The topological polar surface area (TPSA) is 55.0 Å². The predicted molar refractivity (Wildman–Crippen MR) is 91.6 cm³/mol.